The molecule has 3 fully saturated rings. The zero-order valence-electron chi connectivity index (χ0n) is 11.0. The molecule has 1 aliphatic heterocycles. The van der Waals surface area contributed by atoms with Crippen molar-refractivity contribution in [3.63, 3.8) is 0 Å². The van der Waals surface area contributed by atoms with Gasteiger partial charge in [-0.25, -0.2) is 0 Å². The summed E-state index contributed by atoms with van der Waals surface area (Å²) in [6.07, 6.45) is 6.73. The number of amides is 1. The molecule has 19 heavy (non-hydrogen) atoms. The normalized spacial score (nSPS) is 27.6. The molecule has 2 aliphatic carbocycles. The third kappa shape index (κ3) is 2.18. The van der Waals surface area contributed by atoms with Crippen molar-refractivity contribution in [3.05, 3.63) is 23.7 Å². The van der Waals surface area contributed by atoms with Gasteiger partial charge < -0.3 is 14.1 Å². The standard InChI is InChI=1S/C15H19NO3/c17-15(12-5-7-19-14(12)11-3-4-11)16-6-8-18-13(9-16)10-1-2-10/h5,7,10-11,13H,1-4,6,8-9H2. The quantitative estimate of drug-likeness (QED) is 0.839. The highest BCUT2D eigenvalue weighted by Crippen LogP contribution is 2.42. The lowest BCUT2D eigenvalue weighted by molar-refractivity contribution is -0.0314. The fourth-order valence-electron chi connectivity index (χ4n) is 2.94. The number of morpholine rings is 1. The molecule has 4 rings (SSSR count). The van der Waals surface area contributed by atoms with Gasteiger partial charge in [0, 0.05) is 19.0 Å². The van der Waals surface area contributed by atoms with E-state index in [1.54, 1.807) is 6.26 Å². The molecule has 0 aromatic carbocycles. The zero-order valence-corrected chi connectivity index (χ0v) is 11.0. The number of rotatable bonds is 3. The highest BCUT2D eigenvalue weighted by Gasteiger charge is 2.38. The van der Waals surface area contributed by atoms with Crippen LogP contribution >= 0.6 is 0 Å². The molecule has 0 N–H and O–H groups in total. The van der Waals surface area contributed by atoms with Crippen LogP contribution in [0.2, 0.25) is 0 Å². The first-order valence-corrected chi connectivity index (χ1v) is 7.31. The topological polar surface area (TPSA) is 42.7 Å². The minimum atomic E-state index is 0.129. The van der Waals surface area contributed by atoms with Gasteiger partial charge in [-0.3, -0.25) is 4.79 Å². The monoisotopic (exact) mass is 261 g/mol. The summed E-state index contributed by atoms with van der Waals surface area (Å²) < 4.78 is 11.3. The molecule has 1 saturated heterocycles. The summed E-state index contributed by atoms with van der Waals surface area (Å²) in [4.78, 5) is 14.6. The van der Waals surface area contributed by atoms with Crippen molar-refractivity contribution in [2.75, 3.05) is 19.7 Å². The van der Waals surface area contributed by atoms with E-state index in [9.17, 15) is 4.79 Å². The van der Waals surface area contributed by atoms with Gasteiger partial charge in [-0.2, -0.15) is 0 Å². The number of furan rings is 1. The summed E-state index contributed by atoms with van der Waals surface area (Å²) in [6, 6.07) is 1.83. The zero-order chi connectivity index (χ0) is 12.8. The summed E-state index contributed by atoms with van der Waals surface area (Å²) >= 11 is 0. The maximum Gasteiger partial charge on any atom is 0.257 e. The molecule has 0 bridgehead atoms. The van der Waals surface area contributed by atoms with Gasteiger partial charge >= 0.3 is 0 Å². The summed E-state index contributed by atoms with van der Waals surface area (Å²) in [5.74, 6) is 2.20. The van der Waals surface area contributed by atoms with E-state index < -0.39 is 0 Å². The predicted octanol–water partition coefficient (Wildman–Crippen LogP) is 2.41. The molecule has 4 heteroatoms. The first-order chi connectivity index (χ1) is 9.33. The molecule has 0 radical (unpaired) electrons. The van der Waals surface area contributed by atoms with Crippen LogP contribution in [-0.4, -0.2) is 36.6 Å². The number of carbonyl (C=O) groups is 1. The van der Waals surface area contributed by atoms with Gasteiger partial charge in [0.15, 0.2) is 0 Å². The molecule has 3 aliphatic rings. The van der Waals surface area contributed by atoms with Crippen molar-refractivity contribution < 1.29 is 13.9 Å². The van der Waals surface area contributed by atoms with E-state index in [1.807, 2.05) is 11.0 Å². The first kappa shape index (κ1) is 11.5. The van der Waals surface area contributed by atoms with Crippen LogP contribution < -0.4 is 0 Å². The molecular weight excluding hydrogens is 242 g/mol. The Balaban J connectivity index is 1.50. The van der Waals surface area contributed by atoms with Crippen LogP contribution in [0.5, 0.6) is 0 Å². The molecule has 1 atom stereocenters. The lowest BCUT2D eigenvalue weighted by atomic mass is 10.1. The van der Waals surface area contributed by atoms with Crippen molar-refractivity contribution in [2.45, 2.75) is 37.7 Å². The Morgan fingerprint density at radius 2 is 2.11 bits per heavy atom. The Hall–Kier alpha value is -1.29. The first-order valence-electron chi connectivity index (χ1n) is 7.31. The van der Waals surface area contributed by atoms with Gasteiger partial charge in [0.2, 0.25) is 0 Å². The largest absolute Gasteiger partial charge is 0.468 e. The molecule has 2 heterocycles. The second kappa shape index (κ2) is 4.37. The Bertz CT molecular complexity index is 487. The Morgan fingerprint density at radius 3 is 2.84 bits per heavy atom. The minimum absolute atomic E-state index is 0.129. The van der Waals surface area contributed by atoms with Crippen molar-refractivity contribution in [1.82, 2.24) is 4.90 Å². The van der Waals surface area contributed by atoms with Crippen molar-refractivity contribution in [2.24, 2.45) is 5.92 Å². The second-order valence-corrected chi connectivity index (χ2v) is 5.97. The third-order valence-corrected chi connectivity index (χ3v) is 4.40. The molecular formula is C15H19NO3. The smallest absolute Gasteiger partial charge is 0.257 e. The van der Waals surface area contributed by atoms with Crippen LogP contribution in [0, 0.1) is 5.92 Å². The Labute approximate surface area is 112 Å². The number of ether oxygens (including phenoxy) is 1. The fraction of sp³-hybridized carbons (Fsp3) is 0.667. The van der Waals surface area contributed by atoms with E-state index in [0.29, 0.717) is 25.0 Å². The number of carbonyl (C=O) groups excluding carboxylic acids is 1. The van der Waals surface area contributed by atoms with Crippen molar-refractivity contribution in [3.8, 4) is 0 Å². The lowest BCUT2D eigenvalue weighted by Crippen LogP contribution is -2.46. The predicted molar refractivity (Wildman–Crippen MR) is 69.1 cm³/mol. The fourth-order valence-corrected chi connectivity index (χ4v) is 2.94. The van der Waals surface area contributed by atoms with Gasteiger partial charge in [0.25, 0.3) is 5.91 Å². The molecule has 102 valence electrons. The van der Waals surface area contributed by atoms with E-state index in [2.05, 4.69) is 0 Å². The summed E-state index contributed by atoms with van der Waals surface area (Å²) in [6.45, 7) is 2.12. The highest BCUT2D eigenvalue weighted by molar-refractivity contribution is 5.95. The second-order valence-electron chi connectivity index (χ2n) is 5.97. The van der Waals surface area contributed by atoms with Crippen molar-refractivity contribution in [1.29, 1.82) is 0 Å². The summed E-state index contributed by atoms with van der Waals surface area (Å²) in [5, 5.41) is 0. The van der Waals surface area contributed by atoms with E-state index >= 15 is 0 Å². The summed E-state index contributed by atoms with van der Waals surface area (Å²) in [5.41, 5.74) is 0.777. The Kier molecular flexibility index (Phi) is 2.65. The number of nitrogens with zero attached hydrogens (tertiary/aromatic N) is 1. The van der Waals surface area contributed by atoms with Gasteiger partial charge in [-0.05, 0) is 37.7 Å². The summed E-state index contributed by atoms with van der Waals surface area (Å²) in [7, 11) is 0. The molecule has 1 aromatic heterocycles. The van der Waals surface area contributed by atoms with Crippen LogP contribution in [0.15, 0.2) is 16.7 Å². The molecule has 1 aromatic rings. The average Bonchev–Trinajstić information content (AvgIpc) is 3.36. The molecule has 4 nitrogen and oxygen atoms in total. The van der Waals surface area contributed by atoms with E-state index in [1.165, 1.54) is 12.8 Å². The average molecular weight is 261 g/mol. The Morgan fingerprint density at radius 1 is 1.26 bits per heavy atom. The number of hydrogen-bond acceptors (Lipinski definition) is 3. The van der Waals surface area contributed by atoms with Gasteiger partial charge in [-0.1, -0.05) is 0 Å². The van der Waals surface area contributed by atoms with Gasteiger partial charge in [-0.15, -0.1) is 0 Å². The number of hydrogen-bond donors (Lipinski definition) is 0. The van der Waals surface area contributed by atoms with Crippen LogP contribution in [-0.2, 0) is 4.74 Å². The van der Waals surface area contributed by atoms with E-state index in [-0.39, 0.29) is 12.0 Å². The van der Waals surface area contributed by atoms with Crippen LogP contribution in [0.4, 0.5) is 0 Å². The lowest BCUT2D eigenvalue weighted by Gasteiger charge is -2.33. The van der Waals surface area contributed by atoms with Crippen LogP contribution in [0.1, 0.15) is 47.7 Å². The van der Waals surface area contributed by atoms with Crippen LogP contribution in [0.25, 0.3) is 0 Å². The van der Waals surface area contributed by atoms with E-state index in [0.717, 1.165) is 30.7 Å². The van der Waals surface area contributed by atoms with E-state index in [4.69, 9.17) is 9.15 Å². The maximum atomic E-state index is 12.6. The van der Waals surface area contributed by atoms with Crippen molar-refractivity contribution >= 4 is 5.91 Å². The molecule has 2 saturated carbocycles. The maximum absolute atomic E-state index is 12.6. The molecule has 1 amide bonds. The SMILES string of the molecule is O=C(c1ccoc1C1CC1)N1CCOC(C2CC2)C1. The minimum Gasteiger partial charge on any atom is -0.468 e. The third-order valence-electron chi connectivity index (χ3n) is 4.40. The van der Waals surface area contributed by atoms with Crippen LogP contribution in [0.3, 0.4) is 0 Å². The highest BCUT2D eigenvalue weighted by atomic mass is 16.5. The van der Waals surface area contributed by atoms with Gasteiger partial charge in [0.05, 0.1) is 24.5 Å². The molecule has 0 spiro atoms. The van der Waals surface area contributed by atoms with Gasteiger partial charge in [0.1, 0.15) is 5.76 Å². The molecule has 1 unspecified atom stereocenters.